The number of primary amides is 1. The van der Waals surface area contributed by atoms with Crippen molar-refractivity contribution in [2.75, 3.05) is 0 Å². The molecule has 0 aliphatic carbocycles. The van der Waals surface area contributed by atoms with Gasteiger partial charge in [0.05, 0.1) is 9.90 Å². The third-order valence-corrected chi connectivity index (χ3v) is 6.54. The maximum Gasteiger partial charge on any atom is 0.345 e. The zero-order valence-corrected chi connectivity index (χ0v) is 20.9. The summed E-state index contributed by atoms with van der Waals surface area (Å²) in [5, 5.41) is 3.16. The minimum absolute atomic E-state index is 0.0619. The van der Waals surface area contributed by atoms with Crippen molar-refractivity contribution in [3.8, 4) is 10.4 Å². The number of hydrogen-bond acceptors (Lipinski definition) is 6. The molecule has 6 nitrogen and oxygen atoms in total. The van der Waals surface area contributed by atoms with Crippen molar-refractivity contribution in [3.05, 3.63) is 81.9 Å². The molecule has 0 aliphatic rings. The lowest BCUT2D eigenvalue weighted by molar-refractivity contribution is -0.141. The molecule has 3 N–H and O–H groups in total. The number of esters is 2. The quantitative estimate of drug-likeness (QED) is 0.287. The number of ether oxygens (including phenoxy) is 1. The Bertz CT molecular complexity index is 1190. The summed E-state index contributed by atoms with van der Waals surface area (Å²) in [6.45, 7) is 3.72. The molecule has 1 heterocycles. The molecule has 0 radical (unpaired) electrons. The highest BCUT2D eigenvalue weighted by atomic mass is 35.5. The molecular weight excluding hydrogens is 491 g/mol. The van der Waals surface area contributed by atoms with Crippen LogP contribution in [0.5, 0.6) is 0 Å². The Labute approximate surface area is 212 Å². The summed E-state index contributed by atoms with van der Waals surface area (Å²) >= 11 is 7.39. The Morgan fingerprint density at radius 1 is 1.06 bits per heavy atom. The first-order valence-corrected chi connectivity index (χ1v) is 12.1. The van der Waals surface area contributed by atoms with Crippen LogP contribution in [0.1, 0.15) is 42.6 Å². The number of rotatable bonds is 10. The van der Waals surface area contributed by atoms with E-state index in [0.29, 0.717) is 10.8 Å². The number of carbonyl (C=O) groups is 3. The van der Waals surface area contributed by atoms with Crippen LogP contribution in [-0.4, -0.2) is 29.4 Å². The molecule has 3 aromatic rings. The van der Waals surface area contributed by atoms with Gasteiger partial charge >= 0.3 is 11.9 Å². The van der Waals surface area contributed by atoms with Crippen LogP contribution in [0.3, 0.4) is 0 Å². The van der Waals surface area contributed by atoms with E-state index in [4.69, 9.17) is 22.1 Å². The highest BCUT2D eigenvalue weighted by molar-refractivity contribution is 7.19. The number of carbonyl (C=O) groups excluding carboxylic acids is 3. The Morgan fingerprint density at radius 2 is 1.71 bits per heavy atom. The number of thiophene rings is 1. The van der Waals surface area contributed by atoms with Gasteiger partial charge in [0.25, 0.3) is 0 Å². The van der Waals surface area contributed by atoms with Crippen molar-refractivity contribution in [2.24, 2.45) is 5.73 Å². The van der Waals surface area contributed by atoms with E-state index in [-0.39, 0.29) is 24.2 Å². The molecule has 1 amide bonds. The second-order valence-electron chi connectivity index (χ2n) is 8.78. The summed E-state index contributed by atoms with van der Waals surface area (Å²) in [5.74, 6) is -2.52. The highest BCUT2D eigenvalue weighted by Crippen LogP contribution is 2.31. The van der Waals surface area contributed by atoms with Crippen molar-refractivity contribution in [1.82, 2.24) is 5.32 Å². The molecule has 3 rings (SSSR count). The SMILES string of the molecule is CC(C)(Cc1ccc(F)cc1)N[C@@H](CCC(N)=O)C(=O)OC(=O)c1ccc(-c2ccc(Cl)s2)cc1. The van der Waals surface area contributed by atoms with Crippen LogP contribution in [0.2, 0.25) is 4.34 Å². The average Bonchev–Trinajstić information content (AvgIpc) is 3.24. The van der Waals surface area contributed by atoms with Crippen LogP contribution in [-0.2, 0) is 20.7 Å². The number of benzene rings is 2. The van der Waals surface area contributed by atoms with Gasteiger partial charge in [-0.3, -0.25) is 10.1 Å². The van der Waals surface area contributed by atoms with Gasteiger partial charge in [0, 0.05) is 16.8 Å². The van der Waals surface area contributed by atoms with Gasteiger partial charge in [-0.25, -0.2) is 14.0 Å². The van der Waals surface area contributed by atoms with E-state index in [1.165, 1.54) is 23.5 Å². The molecule has 0 unspecified atom stereocenters. The van der Waals surface area contributed by atoms with E-state index in [1.807, 2.05) is 19.9 Å². The Hall–Kier alpha value is -3.07. The molecule has 35 heavy (non-hydrogen) atoms. The molecule has 9 heteroatoms. The Morgan fingerprint density at radius 3 is 2.29 bits per heavy atom. The fraction of sp³-hybridized carbons (Fsp3) is 0.269. The van der Waals surface area contributed by atoms with Gasteiger partial charge in [-0.1, -0.05) is 35.9 Å². The van der Waals surface area contributed by atoms with Crippen molar-refractivity contribution in [3.63, 3.8) is 0 Å². The van der Waals surface area contributed by atoms with Crippen molar-refractivity contribution < 1.29 is 23.5 Å². The second-order valence-corrected chi connectivity index (χ2v) is 10.5. The maximum absolute atomic E-state index is 13.2. The van der Waals surface area contributed by atoms with E-state index in [9.17, 15) is 18.8 Å². The number of amides is 1. The van der Waals surface area contributed by atoms with Gasteiger partial charge in [0.15, 0.2) is 0 Å². The monoisotopic (exact) mass is 516 g/mol. The molecule has 184 valence electrons. The molecule has 0 aliphatic heterocycles. The molecule has 1 aromatic heterocycles. The normalized spacial score (nSPS) is 12.2. The largest absolute Gasteiger partial charge is 0.388 e. The summed E-state index contributed by atoms with van der Waals surface area (Å²) in [6, 6.07) is 15.4. The minimum atomic E-state index is -0.950. The lowest BCUT2D eigenvalue weighted by Crippen LogP contribution is -2.51. The molecule has 0 bridgehead atoms. The summed E-state index contributed by atoms with van der Waals surface area (Å²) in [7, 11) is 0. The fourth-order valence-corrected chi connectivity index (χ4v) is 4.68. The van der Waals surface area contributed by atoms with Crippen LogP contribution in [0.25, 0.3) is 10.4 Å². The zero-order chi connectivity index (χ0) is 25.6. The van der Waals surface area contributed by atoms with E-state index in [1.54, 1.807) is 42.5 Å². The topological polar surface area (TPSA) is 98.5 Å². The summed E-state index contributed by atoms with van der Waals surface area (Å²) < 4.78 is 19.0. The van der Waals surface area contributed by atoms with Crippen LogP contribution in [0, 0.1) is 5.82 Å². The van der Waals surface area contributed by atoms with Crippen LogP contribution >= 0.6 is 22.9 Å². The molecule has 0 spiro atoms. The molecular formula is C26H26ClFN2O4S. The van der Waals surface area contributed by atoms with E-state index in [2.05, 4.69) is 5.32 Å². The van der Waals surface area contributed by atoms with Gasteiger partial charge in [-0.2, -0.15) is 0 Å². The number of nitrogens with two attached hydrogens (primary N) is 1. The van der Waals surface area contributed by atoms with Gasteiger partial charge < -0.3 is 10.5 Å². The minimum Gasteiger partial charge on any atom is -0.388 e. The fourth-order valence-electron chi connectivity index (χ4n) is 3.63. The van der Waals surface area contributed by atoms with Gasteiger partial charge in [0.1, 0.15) is 11.9 Å². The van der Waals surface area contributed by atoms with Crippen LogP contribution in [0.15, 0.2) is 60.7 Å². The first-order chi connectivity index (χ1) is 16.5. The predicted octanol–water partition coefficient (Wildman–Crippen LogP) is 5.14. The lowest BCUT2D eigenvalue weighted by Gasteiger charge is -2.31. The number of halogens is 2. The maximum atomic E-state index is 13.2. The molecule has 0 fully saturated rings. The lowest BCUT2D eigenvalue weighted by atomic mass is 9.93. The first kappa shape index (κ1) is 26.5. The van der Waals surface area contributed by atoms with Crippen LogP contribution in [0.4, 0.5) is 4.39 Å². The van der Waals surface area contributed by atoms with E-state index >= 15 is 0 Å². The predicted molar refractivity (Wildman–Crippen MR) is 135 cm³/mol. The van der Waals surface area contributed by atoms with Crippen molar-refractivity contribution >= 4 is 40.8 Å². The standard InChI is InChI=1S/C26H26ClFN2O4S/c1-26(2,15-16-3-9-19(28)10-4-16)30-20(11-14-23(29)31)25(33)34-24(32)18-7-5-17(6-8-18)21-12-13-22(27)35-21/h3-10,12-13,20,30H,11,14-15H2,1-2H3,(H2,29,31)/t20-/m0/s1. The third kappa shape index (κ3) is 7.99. The smallest absolute Gasteiger partial charge is 0.345 e. The number of hydrogen-bond donors (Lipinski definition) is 2. The number of nitrogens with one attached hydrogen (secondary N) is 1. The van der Waals surface area contributed by atoms with Crippen molar-refractivity contribution in [2.45, 2.75) is 44.7 Å². The Balaban J connectivity index is 1.68. The van der Waals surface area contributed by atoms with Gasteiger partial charge in [0.2, 0.25) is 5.91 Å². The van der Waals surface area contributed by atoms with Crippen LogP contribution < -0.4 is 11.1 Å². The molecule has 0 saturated carbocycles. The summed E-state index contributed by atoms with van der Waals surface area (Å²) in [5.41, 5.74) is 6.59. The van der Waals surface area contributed by atoms with E-state index in [0.717, 1.165) is 16.0 Å². The first-order valence-electron chi connectivity index (χ1n) is 10.9. The molecule has 1 atom stereocenters. The van der Waals surface area contributed by atoms with E-state index < -0.39 is 29.4 Å². The highest BCUT2D eigenvalue weighted by Gasteiger charge is 2.30. The Kier molecular flexibility index (Phi) is 8.77. The van der Waals surface area contributed by atoms with Crippen molar-refractivity contribution in [1.29, 1.82) is 0 Å². The summed E-state index contributed by atoms with van der Waals surface area (Å²) in [6.07, 6.45) is 0.466. The molecule has 2 aromatic carbocycles. The average molecular weight is 517 g/mol. The van der Waals surface area contributed by atoms with Gasteiger partial charge in [-0.05, 0) is 74.2 Å². The molecule has 0 saturated heterocycles. The third-order valence-electron chi connectivity index (χ3n) is 5.26. The second kappa shape index (κ2) is 11.6. The van der Waals surface area contributed by atoms with Gasteiger partial charge in [-0.15, -0.1) is 11.3 Å². The summed E-state index contributed by atoms with van der Waals surface area (Å²) in [4.78, 5) is 37.8. The zero-order valence-electron chi connectivity index (χ0n) is 19.3.